The summed E-state index contributed by atoms with van der Waals surface area (Å²) in [4.78, 5) is 30.5. The van der Waals surface area contributed by atoms with Gasteiger partial charge >= 0.3 is 0 Å². The van der Waals surface area contributed by atoms with Crippen molar-refractivity contribution in [3.8, 4) is 5.75 Å². The molecule has 0 aliphatic rings. The Labute approximate surface area is 281 Å². The van der Waals surface area contributed by atoms with E-state index in [4.69, 9.17) is 4.74 Å². The van der Waals surface area contributed by atoms with E-state index in [1.54, 1.807) is 61.5 Å². The number of carbonyl (C=O) groups excluding carboxylic acids is 2. The third-order valence-corrected chi connectivity index (χ3v) is 9.88. The maximum absolute atomic E-state index is 15.1. The number of nitrogens with zero attached hydrogens (tertiary/aromatic N) is 2. The standard InChI is InChI=1S/C36H40FN3O5S2/c1-5-45-34-18-12-11-17-32(34)40(47(43,44)30-21-19-29(46-4)20-22-30)25-35(41)39(24-28-15-9-10-16-31(28)37)33(36(42)38-26(2)3)23-27-13-7-6-8-14-27/h6-22,26,33H,5,23-25H2,1-4H3,(H,38,42)/t33-/m1/s1. The molecule has 0 fully saturated rings. The maximum atomic E-state index is 15.1. The Morgan fingerprint density at radius 1 is 0.894 bits per heavy atom. The van der Waals surface area contributed by atoms with Crippen molar-refractivity contribution >= 4 is 39.3 Å². The van der Waals surface area contributed by atoms with Crippen LogP contribution in [0, 0.1) is 5.82 Å². The smallest absolute Gasteiger partial charge is 0.264 e. The maximum Gasteiger partial charge on any atom is 0.264 e. The van der Waals surface area contributed by atoms with Gasteiger partial charge in [0.1, 0.15) is 24.2 Å². The lowest BCUT2D eigenvalue weighted by Crippen LogP contribution is -2.54. The first-order valence-corrected chi connectivity index (χ1v) is 18.0. The lowest BCUT2D eigenvalue weighted by atomic mass is 10.0. The molecule has 0 saturated carbocycles. The highest BCUT2D eigenvalue weighted by atomic mass is 32.2. The molecule has 4 rings (SSSR count). The van der Waals surface area contributed by atoms with Crippen molar-refractivity contribution in [3.63, 3.8) is 0 Å². The number of halogens is 1. The number of thioether (sulfide) groups is 1. The van der Waals surface area contributed by atoms with Crippen molar-refractivity contribution in [2.24, 2.45) is 0 Å². The van der Waals surface area contributed by atoms with Crippen LogP contribution in [0.1, 0.15) is 31.9 Å². The summed E-state index contributed by atoms with van der Waals surface area (Å²) in [5, 5.41) is 2.90. The number of hydrogen-bond acceptors (Lipinski definition) is 6. The molecule has 248 valence electrons. The average molecular weight is 678 g/mol. The Hall–Kier alpha value is -4.35. The largest absolute Gasteiger partial charge is 0.492 e. The molecule has 47 heavy (non-hydrogen) atoms. The van der Waals surface area contributed by atoms with Crippen LogP contribution in [0.2, 0.25) is 0 Å². The Morgan fingerprint density at radius 2 is 1.53 bits per heavy atom. The molecule has 0 bridgehead atoms. The van der Waals surface area contributed by atoms with Crippen LogP contribution in [0.4, 0.5) is 10.1 Å². The first-order chi connectivity index (χ1) is 22.5. The number of para-hydroxylation sites is 2. The summed E-state index contributed by atoms with van der Waals surface area (Å²) in [5.74, 6) is -1.41. The van der Waals surface area contributed by atoms with E-state index in [9.17, 15) is 18.0 Å². The topological polar surface area (TPSA) is 96.0 Å². The zero-order chi connectivity index (χ0) is 34.0. The number of anilines is 1. The van der Waals surface area contributed by atoms with Crippen LogP contribution in [-0.4, -0.2) is 56.6 Å². The number of benzene rings is 4. The zero-order valence-electron chi connectivity index (χ0n) is 26.9. The van der Waals surface area contributed by atoms with Crippen molar-refractivity contribution in [1.29, 1.82) is 0 Å². The minimum absolute atomic E-state index is 0.0200. The van der Waals surface area contributed by atoms with Crippen molar-refractivity contribution in [2.75, 3.05) is 23.7 Å². The molecule has 2 amide bonds. The molecule has 1 atom stereocenters. The summed E-state index contributed by atoms with van der Waals surface area (Å²) in [7, 11) is -4.33. The summed E-state index contributed by atoms with van der Waals surface area (Å²) >= 11 is 1.47. The van der Waals surface area contributed by atoms with E-state index in [-0.39, 0.29) is 47.5 Å². The Kier molecular flexibility index (Phi) is 12.4. The van der Waals surface area contributed by atoms with Gasteiger partial charge in [0.2, 0.25) is 11.8 Å². The summed E-state index contributed by atoms with van der Waals surface area (Å²) in [5.41, 5.74) is 1.13. The highest BCUT2D eigenvalue weighted by Gasteiger charge is 2.36. The molecular formula is C36H40FN3O5S2. The van der Waals surface area contributed by atoms with Gasteiger partial charge in [-0.1, -0.05) is 60.7 Å². The molecule has 0 radical (unpaired) electrons. The second-order valence-electron chi connectivity index (χ2n) is 11.1. The molecule has 8 nitrogen and oxygen atoms in total. The van der Waals surface area contributed by atoms with Crippen LogP contribution in [0.5, 0.6) is 5.75 Å². The normalized spacial score (nSPS) is 12.0. The average Bonchev–Trinajstić information content (AvgIpc) is 3.06. The van der Waals surface area contributed by atoms with E-state index < -0.39 is 40.2 Å². The molecule has 0 heterocycles. The van der Waals surface area contributed by atoms with Gasteiger partial charge < -0.3 is 15.0 Å². The molecule has 1 N–H and O–H groups in total. The van der Waals surface area contributed by atoms with Gasteiger partial charge in [-0.05, 0) is 75.1 Å². The minimum Gasteiger partial charge on any atom is -0.492 e. The first-order valence-electron chi connectivity index (χ1n) is 15.3. The van der Waals surface area contributed by atoms with E-state index >= 15 is 4.39 Å². The minimum atomic E-state index is -4.33. The van der Waals surface area contributed by atoms with Crippen molar-refractivity contribution in [3.05, 3.63) is 120 Å². The summed E-state index contributed by atoms with van der Waals surface area (Å²) in [6.45, 7) is 4.71. The van der Waals surface area contributed by atoms with E-state index in [0.29, 0.717) is 0 Å². The van der Waals surface area contributed by atoms with Gasteiger partial charge in [-0.15, -0.1) is 11.8 Å². The molecule has 4 aromatic carbocycles. The van der Waals surface area contributed by atoms with Gasteiger partial charge in [0.05, 0.1) is 17.2 Å². The molecule has 0 aliphatic carbocycles. The van der Waals surface area contributed by atoms with E-state index in [2.05, 4.69) is 5.32 Å². The predicted molar refractivity (Wildman–Crippen MR) is 185 cm³/mol. The Bertz CT molecular complexity index is 1750. The highest BCUT2D eigenvalue weighted by molar-refractivity contribution is 7.98. The van der Waals surface area contributed by atoms with Gasteiger partial charge in [-0.2, -0.15) is 0 Å². The number of sulfonamides is 1. The van der Waals surface area contributed by atoms with Crippen LogP contribution in [0.15, 0.2) is 113 Å². The predicted octanol–water partition coefficient (Wildman–Crippen LogP) is 6.31. The molecule has 0 spiro atoms. The van der Waals surface area contributed by atoms with Crippen LogP contribution in [-0.2, 0) is 32.6 Å². The Balaban J connectivity index is 1.85. The molecule has 4 aromatic rings. The first kappa shape index (κ1) is 35.5. The van der Waals surface area contributed by atoms with E-state index in [0.717, 1.165) is 14.8 Å². The molecule has 11 heteroatoms. The number of amides is 2. The zero-order valence-corrected chi connectivity index (χ0v) is 28.6. The lowest BCUT2D eigenvalue weighted by Gasteiger charge is -2.34. The molecule has 0 unspecified atom stereocenters. The highest BCUT2D eigenvalue weighted by Crippen LogP contribution is 2.33. The van der Waals surface area contributed by atoms with Gasteiger partial charge in [-0.3, -0.25) is 13.9 Å². The van der Waals surface area contributed by atoms with Gasteiger partial charge in [-0.25, -0.2) is 12.8 Å². The number of ether oxygens (including phenoxy) is 1. The molecular weight excluding hydrogens is 638 g/mol. The number of carbonyl (C=O) groups is 2. The van der Waals surface area contributed by atoms with Gasteiger partial charge in [0.25, 0.3) is 10.0 Å². The molecule has 0 aromatic heterocycles. The summed E-state index contributed by atoms with van der Waals surface area (Å²) in [6.07, 6.45) is 2.01. The fraction of sp³-hybridized carbons (Fsp3) is 0.278. The van der Waals surface area contributed by atoms with Crippen LogP contribution in [0.25, 0.3) is 0 Å². The van der Waals surface area contributed by atoms with Gasteiger partial charge in [0, 0.05) is 29.5 Å². The summed E-state index contributed by atoms with van der Waals surface area (Å²) < 4.78 is 50.6. The van der Waals surface area contributed by atoms with E-state index in [1.165, 1.54) is 34.9 Å². The van der Waals surface area contributed by atoms with Crippen LogP contribution < -0.4 is 14.4 Å². The lowest BCUT2D eigenvalue weighted by molar-refractivity contribution is -0.140. The van der Waals surface area contributed by atoms with Crippen molar-refractivity contribution in [2.45, 2.75) is 55.6 Å². The fourth-order valence-corrected chi connectivity index (χ4v) is 6.91. The van der Waals surface area contributed by atoms with Crippen molar-refractivity contribution < 1.29 is 27.1 Å². The Morgan fingerprint density at radius 3 is 2.17 bits per heavy atom. The number of rotatable bonds is 15. The van der Waals surface area contributed by atoms with E-state index in [1.807, 2.05) is 50.4 Å². The molecule has 0 aliphatic heterocycles. The molecule has 0 saturated heterocycles. The quantitative estimate of drug-likeness (QED) is 0.148. The second-order valence-corrected chi connectivity index (χ2v) is 13.8. The third-order valence-electron chi connectivity index (χ3n) is 7.36. The third kappa shape index (κ3) is 9.14. The summed E-state index contributed by atoms with van der Waals surface area (Å²) in [6, 6.07) is 26.8. The second kappa shape index (κ2) is 16.5. The number of hydrogen-bond donors (Lipinski definition) is 1. The monoisotopic (exact) mass is 677 g/mol. The fourth-order valence-electron chi connectivity index (χ4n) is 5.07. The van der Waals surface area contributed by atoms with Crippen LogP contribution >= 0.6 is 11.8 Å². The SMILES string of the molecule is CCOc1ccccc1N(CC(=O)N(Cc1ccccc1F)[C@H](Cc1ccccc1)C(=O)NC(C)C)S(=O)(=O)c1ccc(SC)cc1. The van der Waals surface area contributed by atoms with Crippen molar-refractivity contribution in [1.82, 2.24) is 10.2 Å². The van der Waals surface area contributed by atoms with Crippen LogP contribution in [0.3, 0.4) is 0 Å². The van der Waals surface area contributed by atoms with Gasteiger partial charge in [0.15, 0.2) is 0 Å². The number of nitrogens with one attached hydrogen (secondary N) is 1.